The summed E-state index contributed by atoms with van der Waals surface area (Å²) < 4.78 is 4.99. The molecule has 0 saturated carbocycles. The maximum absolute atomic E-state index is 10.6. The standard InChI is InChI=1S/C7H12O3/c1-7(4-5-8)3-2-6(9)10-7/h8H,2-5H2,1H3. The summed E-state index contributed by atoms with van der Waals surface area (Å²) in [5.74, 6) is -0.143. The molecule has 0 spiro atoms. The number of esters is 1. The number of rotatable bonds is 2. The third-order valence-electron chi connectivity index (χ3n) is 1.86. The maximum Gasteiger partial charge on any atom is 0.306 e. The van der Waals surface area contributed by atoms with Crippen molar-refractivity contribution in [1.29, 1.82) is 0 Å². The van der Waals surface area contributed by atoms with Crippen molar-refractivity contribution in [1.82, 2.24) is 0 Å². The molecule has 3 heteroatoms. The third-order valence-corrected chi connectivity index (χ3v) is 1.86. The Kier molecular flexibility index (Phi) is 1.94. The van der Waals surface area contributed by atoms with Gasteiger partial charge < -0.3 is 9.84 Å². The SMILES string of the molecule is CC1(CCO)CCC(=O)O1. The number of carbonyl (C=O) groups is 1. The van der Waals surface area contributed by atoms with Gasteiger partial charge in [0, 0.05) is 19.4 Å². The van der Waals surface area contributed by atoms with E-state index in [0.717, 1.165) is 6.42 Å². The minimum atomic E-state index is -0.383. The molecule has 10 heavy (non-hydrogen) atoms. The molecule has 0 aromatic heterocycles. The molecule has 0 aliphatic carbocycles. The first-order chi connectivity index (χ1) is 4.66. The van der Waals surface area contributed by atoms with Crippen LogP contribution in [0, 0.1) is 0 Å². The summed E-state index contributed by atoms with van der Waals surface area (Å²) in [5, 5.41) is 8.59. The van der Waals surface area contributed by atoms with Crippen LogP contribution in [-0.4, -0.2) is 23.3 Å². The molecule has 0 bridgehead atoms. The van der Waals surface area contributed by atoms with Gasteiger partial charge in [-0.05, 0) is 13.3 Å². The predicted molar refractivity (Wildman–Crippen MR) is 35.4 cm³/mol. The molecule has 1 heterocycles. The van der Waals surface area contributed by atoms with Gasteiger partial charge in [-0.15, -0.1) is 0 Å². The summed E-state index contributed by atoms with van der Waals surface area (Å²) in [6.07, 6.45) is 1.79. The molecule has 1 unspecified atom stereocenters. The molecular formula is C7H12O3. The van der Waals surface area contributed by atoms with Gasteiger partial charge in [0.2, 0.25) is 0 Å². The second kappa shape index (κ2) is 2.58. The van der Waals surface area contributed by atoms with E-state index < -0.39 is 0 Å². The van der Waals surface area contributed by atoms with Crippen molar-refractivity contribution in [2.75, 3.05) is 6.61 Å². The van der Waals surface area contributed by atoms with Crippen molar-refractivity contribution in [3.05, 3.63) is 0 Å². The number of hydrogen-bond donors (Lipinski definition) is 1. The molecule has 0 amide bonds. The largest absolute Gasteiger partial charge is 0.459 e. The van der Waals surface area contributed by atoms with Gasteiger partial charge in [0.05, 0.1) is 0 Å². The first kappa shape index (κ1) is 7.54. The fraction of sp³-hybridized carbons (Fsp3) is 0.857. The number of cyclic esters (lactones) is 1. The highest BCUT2D eigenvalue weighted by Crippen LogP contribution is 2.28. The highest BCUT2D eigenvalue weighted by atomic mass is 16.6. The van der Waals surface area contributed by atoms with Crippen molar-refractivity contribution >= 4 is 5.97 Å². The van der Waals surface area contributed by atoms with E-state index in [1.165, 1.54) is 0 Å². The topological polar surface area (TPSA) is 46.5 Å². The van der Waals surface area contributed by atoms with Crippen molar-refractivity contribution in [2.24, 2.45) is 0 Å². The highest BCUT2D eigenvalue weighted by Gasteiger charge is 2.34. The van der Waals surface area contributed by atoms with Gasteiger partial charge >= 0.3 is 5.97 Å². The fourth-order valence-electron chi connectivity index (χ4n) is 1.16. The summed E-state index contributed by atoms with van der Waals surface area (Å²) in [7, 11) is 0. The van der Waals surface area contributed by atoms with Gasteiger partial charge in [-0.25, -0.2) is 0 Å². The van der Waals surface area contributed by atoms with Crippen LogP contribution >= 0.6 is 0 Å². The zero-order valence-corrected chi connectivity index (χ0v) is 6.09. The first-order valence-corrected chi connectivity index (χ1v) is 3.49. The van der Waals surface area contributed by atoms with Gasteiger partial charge in [-0.3, -0.25) is 4.79 Å². The quantitative estimate of drug-likeness (QED) is 0.573. The predicted octanol–water partition coefficient (Wildman–Crippen LogP) is 0.464. The average Bonchev–Trinajstić information content (AvgIpc) is 2.12. The Labute approximate surface area is 60.0 Å². The van der Waals surface area contributed by atoms with E-state index in [1.54, 1.807) is 0 Å². The van der Waals surface area contributed by atoms with Crippen LogP contribution in [0.3, 0.4) is 0 Å². The monoisotopic (exact) mass is 144 g/mol. The Hall–Kier alpha value is -0.570. The molecule has 1 rings (SSSR count). The Balaban J connectivity index is 2.46. The lowest BCUT2D eigenvalue weighted by Crippen LogP contribution is -2.24. The van der Waals surface area contributed by atoms with Crippen LogP contribution in [0.5, 0.6) is 0 Å². The van der Waals surface area contributed by atoms with Crippen LogP contribution in [-0.2, 0) is 9.53 Å². The zero-order chi connectivity index (χ0) is 7.61. The van der Waals surface area contributed by atoms with Gasteiger partial charge in [0.15, 0.2) is 0 Å². The minimum Gasteiger partial charge on any atom is -0.459 e. The van der Waals surface area contributed by atoms with Crippen LogP contribution in [0.4, 0.5) is 0 Å². The molecule has 3 nitrogen and oxygen atoms in total. The molecule has 58 valence electrons. The molecule has 1 N–H and O–H groups in total. The number of aliphatic hydroxyl groups excluding tert-OH is 1. The first-order valence-electron chi connectivity index (χ1n) is 3.49. The number of aliphatic hydroxyl groups is 1. The van der Waals surface area contributed by atoms with E-state index in [2.05, 4.69) is 0 Å². The summed E-state index contributed by atoms with van der Waals surface area (Å²) in [5.41, 5.74) is -0.383. The molecule has 1 aliphatic rings. The van der Waals surface area contributed by atoms with E-state index in [-0.39, 0.29) is 18.2 Å². The number of hydrogen-bond acceptors (Lipinski definition) is 3. The lowest BCUT2D eigenvalue weighted by molar-refractivity contribution is -0.148. The van der Waals surface area contributed by atoms with Crippen LogP contribution in [0.1, 0.15) is 26.2 Å². The highest BCUT2D eigenvalue weighted by molar-refractivity contribution is 5.72. The normalized spacial score (nSPS) is 32.4. The van der Waals surface area contributed by atoms with Crippen LogP contribution in [0.25, 0.3) is 0 Å². The van der Waals surface area contributed by atoms with Crippen molar-refractivity contribution < 1.29 is 14.6 Å². The molecule has 0 aromatic carbocycles. The van der Waals surface area contributed by atoms with E-state index in [9.17, 15) is 4.79 Å². The van der Waals surface area contributed by atoms with E-state index in [1.807, 2.05) is 6.92 Å². The van der Waals surface area contributed by atoms with Crippen molar-refractivity contribution in [3.8, 4) is 0 Å². The van der Waals surface area contributed by atoms with Crippen LogP contribution in [0.2, 0.25) is 0 Å². The molecular weight excluding hydrogens is 132 g/mol. The average molecular weight is 144 g/mol. The number of ether oxygens (including phenoxy) is 1. The molecule has 1 saturated heterocycles. The second-order valence-corrected chi connectivity index (χ2v) is 2.90. The Bertz CT molecular complexity index is 144. The van der Waals surface area contributed by atoms with E-state index >= 15 is 0 Å². The van der Waals surface area contributed by atoms with Crippen molar-refractivity contribution in [2.45, 2.75) is 31.8 Å². The molecule has 1 aliphatic heterocycles. The van der Waals surface area contributed by atoms with Gasteiger partial charge in [-0.2, -0.15) is 0 Å². The lowest BCUT2D eigenvalue weighted by atomic mass is 9.99. The van der Waals surface area contributed by atoms with Crippen LogP contribution < -0.4 is 0 Å². The Morgan fingerprint density at radius 1 is 1.80 bits per heavy atom. The van der Waals surface area contributed by atoms with Crippen LogP contribution in [0.15, 0.2) is 0 Å². The third kappa shape index (κ3) is 1.48. The summed E-state index contributed by atoms with van der Waals surface area (Å²) in [6, 6.07) is 0. The van der Waals surface area contributed by atoms with E-state index in [4.69, 9.17) is 9.84 Å². The van der Waals surface area contributed by atoms with Crippen molar-refractivity contribution in [3.63, 3.8) is 0 Å². The molecule has 1 atom stereocenters. The number of carbonyl (C=O) groups excluding carboxylic acids is 1. The van der Waals surface area contributed by atoms with E-state index in [0.29, 0.717) is 12.8 Å². The second-order valence-electron chi connectivity index (χ2n) is 2.90. The molecule has 0 radical (unpaired) electrons. The molecule has 1 fully saturated rings. The molecule has 0 aromatic rings. The summed E-state index contributed by atoms with van der Waals surface area (Å²) >= 11 is 0. The fourth-order valence-corrected chi connectivity index (χ4v) is 1.16. The minimum absolute atomic E-state index is 0.0871. The zero-order valence-electron chi connectivity index (χ0n) is 6.09. The maximum atomic E-state index is 10.6. The summed E-state index contributed by atoms with van der Waals surface area (Å²) in [4.78, 5) is 10.6. The lowest BCUT2D eigenvalue weighted by Gasteiger charge is -2.20. The Morgan fingerprint density at radius 2 is 2.50 bits per heavy atom. The van der Waals surface area contributed by atoms with Gasteiger partial charge in [-0.1, -0.05) is 0 Å². The Morgan fingerprint density at radius 3 is 2.90 bits per heavy atom. The summed E-state index contributed by atoms with van der Waals surface area (Å²) in [6.45, 7) is 1.94. The van der Waals surface area contributed by atoms with Gasteiger partial charge in [0.1, 0.15) is 5.60 Å². The van der Waals surface area contributed by atoms with Gasteiger partial charge in [0.25, 0.3) is 0 Å². The smallest absolute Gasteiger partial charge is 0.306 e.